The molecule has 0 bridgehead atoms. The highest BCUT2D eigenvalue weighted by atomic mass is 35.5. The summed E-state index contributed by atoms with van der Waals surface area (Å²) >= 11 is 12.8. The third kappa shape index (κ3) is 4.64. The van der Waals surface area contributed by atoms with Crippen LogP contribution in [0.1, 0.15) is 43.2 Å². The number of fused-ring (bicyclic) bond motifs is 6. The van der Waals surface area contributed by atoms with Crippen molar-refractivity contribution in [2.45, 2.75) is 37.5 Å². The molecule has 194 valence electrons. The highest BCUT2D eigenvalue weighted by molar-refractivity contribution is 6.34. The van der Waals surface area contributed by atoms with E-state index in [0.717, 1.165) is 42.4 Å². The van der Waals surface area contributed by atoms with Gasteiger partial charge in [-0.3, -0.25) is 9.78 Å². The lowest BCUT2D eigenvalue weighted by molar-refractivity contribution is -0.115. The van der Waals surface area contributed by atoms with Crippen LogP contribution in [0.15, 0.2) is 66.9 Å². The normalized spacial score (nSPS) is 15.0. The van der Waals surface area contributed by atoms with E-state index in [1.807, 2.05) is 30.3 Å². The number of rotatable bonds is 8. The zero-order valence-corrected chi connectivity index (χ0v) is 22.6. The van der Waals surface area contributed by atoms with Gasteiger partial charge in [0, 0.05) is 34.3 Å². The molecule has 3 aromatic carbocycles. The van der Waals surface area contributed by atoms with Gasteiger partial charge in [0.2, 0.25) is 5.91 Å². The first kappa shape index (κ1) is 25.2. The molecule has 4 aromatic rings. The van der Waals surface area contributed by atoms with Gasteiger partial charge in [0.15, 0.2) is 0 Å². The van der Waals surface area contributed by atoms with Gasteiger partial charge in [0.25, 0.3) is 0 Å². The number of halogens is 2. The summed E-state index contributed by atoms with van der Waals surface area (Å²) in [7, 11) is 0. The molecule has 2 aliphatic rings. The number of anilines is 2. The molecule has 1 heterocycles. The van der Waals surface area contributed by atoms with Crippen LogP contribution in [0.3, 0.4) is 0 Å². The number of benzene rings is 3. The largest absolute Gasteiger partial charge is 0.384 e. The molecule has 0 atom stereocenters. The number of amides is 1. The molecule has 3 N–H and O–H groups in total. The quantitative estimate of drug-likeness (QED) is 0.202. The van der Waals surface area contributed by atoms with E-state index in [1.165, 1.54) is 35.1 Å². The highest BCUT2D eigenvalue weighted by Crippen LogP contribution is 2.57. The van der Waals surface area contributed by atoms with E-state index in [-0.39, 0.29) is 17.9 Å². The molecule has 1 aromatic heterocycles. The van der Waals surface area contributed by atoms with Crippen LogP contribution in [-0.2, 0) is 10.2 Å². The van der Waals surface area contributed by atoms with E-state index in [1.54, 1.807) is 6.20 Å². The highest BCUT2D eigenvalue weighted by Gasteiger charge is 2.45. The fourth-order valence-corrected chi connectivity index (χ4v) is 6.57. The average molecular weight is 546 g/mol. The van der Waals surface area contributed by atoms with Gasteiger partial charge in [-0.2, -0.15) is 0 Å². The van der Waals surface area contributed by atoms with Crippen LogP contribution >= 0.6 is 23.2 Å². The lowest BCUT2D eigenvalue weighted by Crippen LogP contribution is -2.29. The van der Waals surface area contributed by atoms with Crippen LogP contribution in [0.2, 0.25) is 10.0 Å². The first-order chi connectivity index (χ1) is 18.5. The van der Waals surface area contributed by atoms with Gasteiger partial charge in [0.05, 0.1) is 22.8 Å². The smallest absolute Gasteiger partial charge is 0.238 e. The zero-order chi connectivity index (χ0) is 26.1. The SMILES string of the molecule is O=C(CNCCCNc1ccnc2cc(Cl)ccc12)Nc1cc2c(cc1Cl)-c1ccccc1C21CCCC1. The molecule has 38 heavy (non-hydrogen) atoms. The van der Waals surface area contributed by atoms with E-state index < -0.39 is 0 Å². The third-order valence-electron chi connectivity index (χ3n) is 7.92. The Bertz CT molecular complexity index is 1510. The van der Waals surface area contributed by atoms with Gasteiger partial charge in [-0.15, -0.1) is 0 Å². The maximum Gasteiger partial charge on any atom is 0.238 e. The first-order valence-electron chi connectivity index (χ1n) is 13.3. The average Bonchev–Trinajstić information content (AvgIpc) is 3.51. The summed E-state index contributed by atoms with van der Waals surface area (Å²) < 4.78 is 0. The summed E-state index contributed by atoms with van der Waals surface area (Å²) in [5.74, 6) is -0.0900. The Labute approximate surface area is 233 Å². The molecule has 1 fully saturated rings. The van der Waals surface area contributed by atoms with Crippen molar-refractivity contribution in [2.24, 2.45) is 0 Å². The summed E-state index contributed by atoms with van der Waals surface area (Å²) in [5.41, 5.74) is 7.84. The van der Waals surface area contributed by atoms with Crippen molar-refractivity contribution in [3.05, 3.63) is 88.0 Å². The fraction of sp³-hybridized carbons (Fsp3) is 0.290. The second-order valence-electron chi connectivity index (χ2n) is 10.2. The monoisotopic (exact) mass is 544 g/mol. The van der Waals surface area contributed by atoms with Crippen LogP contribution in [0.4, 0.5) is 11.4 Å². The number of hydrogen-bond acceptors (Lipinski definition) is 4. The van der Waals surface area contributed by atoms with Crippen LogP contribution in [0.5, 0.6) is 0 Å². The Kier molecular flexibility index (Phi) is 7.00. The summed E-state index contributed by atoms with van der Waals surface area (Å²) in [6.07, 6.45) is 7.38. The molecule has 1 spiro atoms. The maximum atomic E-state index is 12.8. The molecule has 1 amide bonds. The van der Waals surface area contributed by atoms with E-state index in [9.17, 15) is 4.79 Å². The minimum Gasteiger partial charge on any atom is -0.384 e. The van der Waals surface area contributed by atoms with Crippen molar-refractivity contribution in [2.75, 3.05) is 30.3 Å². The van der Waals surface area contributed by atoms with Crippen LogP contribution in [0.25, 0.3) is 22.0 Å². The zero-order valence-electron chi connectivity index (χ0n) is 21.1. The number of aromatic nitrogens is 1. The summed E-state index contributed by atoms with van der Waals surface area (Å²) in [4.78, 5) is 17.1. The number of carbonyl (C=O) groups is 1. The van der Waals surface area contributed by atoms with Crippen LogP contribution in [0, 0.1) is 0 Å². The van der Waals surface area contributed by atoms with Gasteiger partial charge in [0.1, 0.15) is 0 Å². The number of hydrogen-bond donors (Lipinski definition) is 3. The second-order valence-corrected chi connectivity index (χ2v) is 11.1. The van der Waals surface area contributed by atoms with Crippen molar-refractivity contribution in [1.82, 2.24) is 10.3 Å². The van der Waals surface area contributed by atoms with Crippen molar-refractivity contribution >= 4 is 51.4 Å². The van der Waals surface area contributed by atoms with Crippen molar-refractivity contribution in [3.8, 4) is 11.1 Å². The molecule has 2 aliphatic carbocycles. The third-order valence-corrected chi connectivity index (χ3v) is 8.47. The van der Waals surface area contributed by atoms with Gasteiger partial charge in [-0.05, 0) is 84.5 Å². The van der Waals surface area contributed by atoms with E-state index in [4.69, 9.17) is 23.2 Å². The molecular weight excluding hydrogens is 515 g/mol. The van der Waals surface area contributed by atoms with Gasteiger partial charge < -0.3 is 16.0 Å². The van der Waals surface area contributed by atoms with Crippen LogP contribution in [-0.4, -0.2) is 30.5 Å². The molecule has 6 rings (SSSR count). The molecule has 0 aliphatic heterocycles. The standard InChI is InChI=1S/C31H30Cl2N4O/c32-20-8-9-22-27(10-15-36-28(22)16-20)35-14-5-13-34-19-30(38)37-29-18-25-23(17-26(29)33)21-6-1-2-7-24(21)31(25)11-3-4-12-31/h1-2,6-10,15-18,34H,3-5,11-14,19H2,(H,35,36)(H,37,38). The minimum atomic E-state index is -0.0900. The number of nitrogens with zero attached hydrogens (tertiary/aromatic N) is 1. The van der Waals surface area contributed by atoms with E-state index >= 15 is 0 Å². The number of carbonyl (C=O) groups excluding carboxylic acids is 1. The summed E-state index contributed by atoms with van der Waals surface area (Å²) in [6, 6.07) is 20.5. The molecule has 0 unspecified atom stereocenters. The van der Waals surface area contributed by atoms with Gasteiger partial charge >= 0.3 is 0 Å². The molecule has 7 heteroatoms. The second kappa shape index (κ2) is 10.6. The van der Waals surface area contributed by atoms with Crippen LogP contribution < -0.4 is 16.0 Å². The molecule has 1 saturated carbocycles. The predicted molar refractivity (Wildman–Crippen MR) is 157 cm³/mol. The van der Waals surface area contributed by atoms with E-state index in [2.05, 4.69) is 51.3 Å². The topological polar surface area (TPSA) is 66.0 Å². The summed E-state index contributed by atoms with van der Waals surface area (Å²) in [5, 5.41) is 12.0. The Morgan fingerprint density at radius 2 is 1.74 bits per heavy atom. The Hall–Kier alpha value is -3.12. The van der Waals surface area contributed by atoms with Crippen molar-refractivity contribution in [3.63, 3.8) is 0 Å². The van der Waals surface area contributed by atoms with Gasteiger partial charge in [-0.25, -0.2) is 0 Å². The number of pyridine rings is 1. The minimum absolute atomic E-state index is 0.0493. The van der Waals surface area contributed by atoms with Crippen molar-refractivity contribution in [1.29, 1.82) is 0 Å². The maximum absolute atomic E-state index is 12.8. The molecular formula is C31H30Cl2N4O. The van der Waals surface area contributed by atoms with E-state index in [0.29, 0.717) is 22.3 Å². The molecule has 0 saturated heterocycles. The molecule has 0 radical (unpaired) electrons. The summed E-state index contributed by atoms with van der Waals surface area (Å²) in [6.45, 7) is 1.72. The van der Waals surface area contributed by atoms with Crippen molar-refractivity contribution < 1.29 is 4.79 Å². The lowest BCUT2D eigenvalue weighted by atomic mass is 9.77. The van der Waals surface area contributed by atoms with Gasteiger partial charge in [-0.1, -0.05) is 60.3 Å². The predicted octanol–water partition coefficient (Wildman–Crippen LogP) is 7.41. The molecule has 5 nitrogen and oxygen atoms in total. The number of nitrogens with one attached hydrogen (secondary N) is 3. The Balaban J connectivity index is 1.04. The lowest BCUT2D eigenvalue weighted by Gasteiger charge is -2.27. The fourth-order valence-electron chi connectivity index (χ4n) is 6.19. The Morgan fingerprint density at radius 1 is 0.895 bits per heavy atom. The first-order valence-corrected chi connectivity index (χ1v) is 14.0. The Morgan fingerprint density at radius 3 is 2.61 bits per heavy atom.